The van der Waals surface area contributed by atoms with Crippen LogP contribution >= 0.6 is 0 Å². The van der Waals surface area contributed by atoms with Crippen LogP contribution in [0.3, 0.4) is 0 Å². The summed E-state index contributed by atoms with van der Waals surface area (Å²) in [6.45, 7) is 2.02. The smallest absolute Gasteiger partial charge is 0.0499 e. The van der Waals surface area contributed by atoms with Crippen molar-refractivity contribution in [3.05, 3.63) is 36.0 Å². The molecule has 3 nitrogen and oxygen atoms in total. The van der Waals surface area contributed by atoms with Crippen molar-refractivity contribution < 1.29 is 0 Å². The summed E-state index contributed by atoms with van der Waals surface area (Å²) < 4.78 is 0. The Hall–Kier alpha value is -1.32. The molecule has 3 rings (SSSR count). The average Bonchev–Trinajstić information content (AvgIpc) is 2.80. The molecule has 2 N–H and O–H groups in total. The van der Waals surface area contributed by atoms with Gasteiger partial charge in [0.1, 0.15) is 0 Å². The van der Waals surface area contributed by atoms with Crippen LogP contribution in [0, 0.1) is 0 Å². The molecule has 102 valence electrons. The van der Waals surface area contributed by atoms with Gasteiger partial charge < -0.3 is 15.2 Å². The zero-order valence-electron chi connectivity index (χ0n) is 11.9. The van der Waals surface area contributed by atoms with E-state index in [2.05, 4.69) is 53.6 Å². The Morgan fingerprint density at radius 2 is 2.11 bits per heavy atom. The molecule has 19 heavy (non-hydrogen) atoms. The van der Waals surface area contributed by atoms with E-state index in [9.17, 15) is 0 Å². The minimum Gasteiger partial charge on any atom is -0.361 e. The Kier molecular flexibility index (Phi) is 3.33. The van der Waals surface area contributed by atoms with E-state index < -0.39 is 0 Å². The van der Waals surface area contributed by atoms with Crippen molar-refractivity contribution in [3.8, 4) is 0 Å². The Morgan fingerprint density at radius 3 is 2.79 bits per heavy atom. The molecule has 0 atom stereocenters. The van der Waals surface area contributed by atoms with Crippen LogP contribution in [0.25, 0.3) is 10.9 Å². The molecule has 2 aromatic rings. The largest absolute Gasteiger partial charge is 0.361 e. The lowest BCUT2D eigenvalue weighted by molar-refractivity contribution is 0.0598. The van der Waals surface area contributed by atoms with Gasteiger partial charge in [0.2, 0.25) is 0 Å². The number of nitrogens with one attached hydrogen (secondary N) is 2. The molecule has 0 bridgehead atoms. The first-order chi connectivity index (χ1) is 9.21. The van der Waals surface area contributed by atoms with Gasteiger partial charge in [0.05, 0.1) is 0 Å². The molecular formula is C16H23N3. The molecule has 0 amide bonds. The second-order valence-corrected chi connectivity index (χ2v) is 5.93. The molecule has 1 aromatic heterocycles. The molecule has 0 radical (unpaired) electrons. The molecule has 0 aliphatic heterocycles. The van der Waals surface area contributed by atoms with Gasteiger partial charge in [0.15, 0.2) is 0 Å². The third-order valence-electron chi connectivity index (χ3n) is 4.68. The van der Waals surface area contributed by atoms with Crippen molar-refractivity contribution in [2.45, 2.75) is 31.3 Å². The van der Waals surface area contributed by atoms with Crippen LogP contribution in [0.1, 0.15) is 24.8 Å². The van der Waals surface area contributed by atoms with Gasteiger partial charge in [0.25, 0.3) is 0 Å². The molecule has 1 saturated carbocycles. The summed E-state index contributed by atoms with van der Waals surface area (Å²) in [5, 5.41) is 4.94. The monoisotopic (exact) mass is 257 g/mol. The molecule has 1 aliphatic carbocycles. The number of para-hydroxylation sites is 1. The maximum atomic E-state index is 3.65. The number of rotatable bonds is 5. The summed E-state index contributed by atoms with van der Waals surface area (Å²) in [6.07, 6.45) is 6.02. The van der Waals surface area contributed by atoms with Crippen LogP contribution in [0.4, 0.5) is 0 Å². The van der Waals surface area contributed by atoms with E-state index in [1.165, 1.54) is 35.7 Å². The van der Waals surface area contributed by atoms with Crippen LogP contribution in [0.5, 0.6) is 0 Å². The highest BCUT2D eigenvalue weighted by atomic mass is 15.2. The van der Waals surface area contributed by atoms with Crippen molar-refractivity contribution >= 4 is 10.9 Å². The van der Waals surface area contributed by atoms with Crippen LogP contribution in [0.2, 0.25) is 0 Å². The third-order valence-corrected chi connectivity index (χ3v) is 4.68. The second-order valence-electron chi connectivity index (χ2n) is 5.93. The Balaban J connectivity index is 1.65. The number of hydrogen-bond donors (Lipinski definition) is 2. The summed E-state index contributed by atoms with van der Waals surface area (Å²) in [4.78, 5) is 5.72. The van der Waals surface area contributed by atoms with Crippen molar-refractivity contribution in [1.29, 1.82) is 0 Å². The second kappa shape index (κ2) is 4.99. The summed E-state index contributed by atoms with van der Waals surface area (Å²) in [5.74, 6) is 0. The van der Waals surface area contributed by atoms with E-state index >= 15 is 0 Å². The first-order valence-corrected chi connectivity index (χ1v) is 7.14. The maximum absolute atomic E-state index is 3.65. The lowest BCUT2D eigenvalue weighted by atomic mass is 9.75. The highest BCUT2D eigenvalue weighted by Gasteiger charge is 2.38. The lowest BCUT2D eigenvalue weighted by Crippen LogP contribution is -2.56. The summed E-state index contributed by atoms with van der Waals surface area (Å²) in [7, 11) is 4.40. The van der Waals surface area contributed by atoms with E-state index in [4.69, 9.17) is 0 Å². The van der Waals surface area contributed by atoms with Gasteiger partial charge in [-0.05, 0) is 50.4 Å². The van der Waals surface area contributed by atoms with Crippen molar-refractivity contribution in [1.82, 2.24) is 15.2 Å². The fourth-order valence-corrected chi connectivity index (χ4v) is 3.09. The highest BCUT2D eigenvalue weighted by Crippen LogP contribution is 2.35. The first-order valence-electron chi connectivity index (χ1n) is 7.14. The third kappa shape index (κ3) is 2.28. The van der Waals surface area contributed by atoms with E-state index in [0.29, 0.717) is 5.54 Å². The zero-order chi connectivity index (χ0) is 13.3. The minimum absolute atomic E-state index is 0.392. The predicted molar refractivity (Wildman–Crippen MR) is 80.3 cm³/mol. The van der Waals surface area contributed by atoms with Gasteiger partial charge in [-0.25, -0.2) is 0 Å². The van der Waals surface area contributed by atoms with Gasteiger partial charge in [-0.15, -0.1) is 0 Å². The van der Waals surface area contributed by atoms with Gasteiger partial charge in [-0.1, -0.05) is 18.2 Å². The summed E-state index contributed by atoms with van der Waals surface area (Å²) >= 11 is 0. The highest BCUT2D eigenvalue weighted by molar-refractivity contribution is 5.82. The molecule has 0 spiro atoms. The van der Waals surface area contributed by atoms with Crippen LogP contribution in [-0.2, 0) is 6.54 Å². The summed E-state index contributed by atoms with van der Waals surface area (Å²) in [6, 6.07) is 8.63. The number of aromatic amines is 1. The minimum atomic E-state index is 0.392. The molecule has 1 aliphatic rings. The van der Waals surface area contributed by atoms with Crippen LogP contribution in [0.15, 0.2) is 30.5 Å². The Labute approximate surface area is 115 Å². The number of likely N-dealkylation sites (N-methyl/N-ethyl adjacent to an activating group) is 1. The number of aromatic nitrogens is 1. The van der Waals surface area contributed by atoms with Gasteiger partial charge in [-0.2, -0.15) is 0 Å². The number of H-pyrrole nitrogens is 1. The SMILES string of the molecule is CN(C)C1(CNCc2cccc3cc[nH]c23)CCC1. The number of fused-ring (bicyclic) bond motifs is 1. The molecule has 1 aromatic carbocycles. The molecule has 3 heteroatoms. The standard InChI is InChI=1S/C16H23N3/c1-19(2)16(8-4-9-16)12-17-11-14-6-3-5-13-7-10-18-15(13)14/h3,5-7,10,17-18H,4,8-9,11-12H2,1-2H3. The average molecular weight is 257 g/mol. The maximum Gasteiger partial charge on any atom is 0.0499 e. The number of hydrogen-bond acceptors (Lipinski definition) is 2. The molecule has 1 heterocycles. The number of nitrogens with zero attached hydrogens (tertiary/aromatic N) is 1. The Morgan fingerprint density at radius 1 is 1.26 bits per heavy atom. The fourth-order valence-electron chi connectivity index (χ4n) is 3.09. The van der Waals surface area contributed by atoms with E-state index in [-0.39, 0.29) is 0 Å². The molecule has 0 saturated heterocycles. The van der Waals surface area contributed by atoms with E-state index in [1.807, 2.05) is 6.20 Å². The summed E-state index contributed by atoms with van der Waals surface area (Å²) in [5.41, 5.74) is 3.02. The zero-order valence-corrected chi connectivity index (χ0v) is 11.9. The quantitative estimate of drug-likeness (QED) is 0.863. The van der Waals surface area contributed by atoms with Gasteiger partial charge in [0, 0.05) is 30.3 Å². The lowest BCUT2D eigenvalue weighted by Gasteiger charge is -2.47. The molecular weight excluding hydrogens is 234 g/mol. The van der Waals surface area contributed by atoms with Crippen LogP contribution in [-0.4, -0.2) is 36.1 Å². The first kappa shape index (κ1) is 12.7. The topological polar surface area (TPSA) is 31.1 Å². The van der Waals surface area contributed by atoms with E-state index in [0.717, 1.165) is 13.1 Å². The van der Waals surface area contributed by atoms with Gasteiger partial charge in [-0.3, -0.25) is 0 Å². The van der Waals surface area contributed by atoms with Gasteiger partial charge >= 0.3 is 0 Å². The van der Waals surface area contributed by atoms with Crippen molar-refractivity contribution in [2.24, 2.45) is 0 Å². The van der Waals surface area contributed by atoms with Crippen molar-refractivity contribution in [3.63, 3.8) is 0 Å². The number of benzene rings is 1. The van der Waals surface area contributed by atoms with Crippen LogP contribution < -0.4 is 5.32 Å². The fraction of sp³-hybridized carbons (Fsp3) is 0.500. The molecule has 1 fully saturated rings. The van der Waals surface area contributed by atoms with E-state index in [1.54, 1.807) is 0 Å². The normalized spacial score (nSPS) is 17.8. The molecule has 0 unspecified atom stereocenters. The predicted octanol–water partition coefficient (Wildman–Crippen LogP) is 2.74. The van der Waals surface area contributed by atoms with Crippen molar-refractivity contribution in [2.75, 3.05) is 20.6 Å². The Bertz CT molecular complexity index is 552.